The van der Waals surface area contributed by atoms with Crippen LogP contribution in [0.15, 0.2) is 42.5 Å². The van der Waals surface area contributed by atoms with Gasteiger partial charge in [0.05, 0.1) is 44.0 Å². The van der Waals surface area contributed by atoms with E-state index >= 15 is 0 Å². The summed E-state index contributed by atoms with van der Waals surface area (Å²) in [7, 11) is 1.05. The van der Waals surface area contributed by atoms with E-state index in [1.807, 2.05) is 32.9 Å². The highest BCUT2D eigenvalue weighted by Crippen LogP contribution is 2.56. The predicted molar refractivity (Wildman–Crippen MR) is 149 cm³/mol. The van der Waals surface area contributed by atoms with Gasteiger partial charge >= 0.3 is 24.1 Å². The minimum Gasteiger partial charge on any atom is -0.469 e. The lowest BCUT2D eigenvalue weighted by Crippen LogP contribution is -2.62. The number of carbonyl (C=O) groups excluding carboxylic acids is 4. The van der Waals surface area contributed by atoms with Crippen molar-refractivity contribution < 1.29 is 46.6 Å². The van der Waals surface area contributed by atoms with Crippen molar-refractivity contribution in [2.45, 2.75) is 70.3 Å². The molecule has 0 radical (unpaired) electrons. The molecule has 0 unspecified atom stereocenters. The summed E-state index contributed by atoms with van der Waals surface area (Å²) in [5.74, 6) is -5.80. The van der Waals surface area contributed by atoms with Gasteiger partial charge in [0, 0.05) is 12.0 Å². The number of esters is 3. The number of rotatable bonds is 7. The molecule has 4 rings (SSSR count). The predicted octanol–water partition coefficient (Wildman–Crippen LogP) is 4.39. The van der Waals surface area contributed by atoms with Gasteiger partial charge < -0.3 is 19.1 Å². The fourth-order valence-electron chi connectivity index (χ4n) is 5.91. The molecule has 1 N–H and O–H groups in total. The van der Waals surface area contributed by atoms with Gasteiger partial charge in [-0.3, -0.25) is 14.9 Å². The lowest BCUT2D eigenvalue weighted by Gasteiger charge is -2.31. The van der Waals surface area contributed by atoms with Gasteiger partial charge in [0.15, 0.2) is 0 Å². The summed E-state index contributed by atoms with van der Waals surface area (Å²) in [6.07, 6.45) is -5.53. The average molecular weight is 605 g/mol. The number of para-hydroxylation sites is 1. The number of amides is 1. The molecule has 0 aromatic heterocycles. The first-order valence-corrected chi connectivity index (χ1v) is 13.9. The second-order valence-corrected chi connectivity index (χ2v) is 11.6. The monoisotopic (exact) mass is 604 g/mol. The molecule has 1 saturated heterocycles. The number of nitrogens with zero attached hydrogens (tertiary/aromatic N) is 1. The van der Waals surface area contributed by atoms with Crippen LogP contribution in [0.25, 0.3) is 0 Å². The van der Waals surface area contributed by atoms with Crippen molar-refractivity contribution in [3.63, 3.8) is 0 Å². The van der Waals surface area contributed by atoms with Crippen LogP contribution >= 0.6 is 0 Å². The van der Waals surface area contributed by atoms with Crippen LogP contribution in [0.3, 0.4) is 0 Å². The molecule has 2 aliphatic heterocycles. The Labute approximate surface area is 247 Å². The number of methoxy groups -OCH3 is 1. The van der Waals surface area contributed by atoms with Gasteiger partial charge in [-0.15, -0.1) is 0 Å². The molecule has 9 nitrogen and oxygen atoms in total. The number of benzene rings is 2. The Kier molecular flexibility index (Phi) is 8.40. The molecule has 1 fully saturated rings. The average Bonchev–Trinajstić information content (AvgIpc) is 3.43. The lowest BCUT2D eigenvalue weighted by atomic mass is 9.79. The molecule has 12 heteroatoms. The van der Waals surface area contributed by atoms with Gasteiger partial charge in [-0.1, -0.05) is 57.2 Å². The van der Waals surface area contributed by atoms with E-state index in [-0.39, 0.29) is 30.7 Å². The Balaban J connectivity index is 1.97. The Morgan fingerprint density at radius 1 is 0.977 bits per heavy atom. The van der Waals surface area contributed by atoms with Crippen molar-refractivity contribution in [2.75, 3.05) is 25.2 Å². The second-order valence-electron chi connectivity index (χ2n) is 11.6. The van der Waals surface area contributed by atoms with Crippen molar-refractivity contribution in [2.24, 2.45) is 5.92 Å². The Bertz CT molecular complexity index is 1410. The first kappa shape index (κ1) is 32.0. The largest absolute Gasteiger partial charge is 0.469 e. The van der Waals surface area contributed by atoms with E-state index < -0.39 is 64.7 Å². The third-order valence-electron chi connectivity index (χ3n) is 7.96. The van der Waals surface area contributed by atoms with Crippen molar-refractivity contribution in [1.29, 1.82) is 0 Å². The van der Waals surface area contributed by atoms with Gasteiger partial charge in [-0.2, -0.15) is 13.2 Å². The standard InChI is InChI=1S/C31H35F3N2O7/c1-7-42-26(39)29(27(40)43-8-2)16-22(24(37)41-6)30(35-29)20-10-9-11-21(31(32,33)34)23(20)36(25(30)38)17-18-12-14-19(15-13-18)28(3,4)5/h9-15,22,35H,7-8,16-17H2,1-6H3/t22-,30+/m0/s1. The zero-order chi connectivity index (χ0) is 32.0. The fraction of sp³-hybridized carbons (Fsp3) is 0.484. The van der Waals surface area contributed by atoms with Crippen LogP contribution in [0.2, 0.25) is 0 Å². The van der Waals surface area contributed by atoms with Crippen LogP contribution in [0, 0.1) is 5.92 Å². The summed E-state index contributed by atoms with van der Waals surface area (Å²) in [5.41, 5.74) is -5.16. The molecule has 2 aromatic carbocycles. The van der Waals surface area contributed by atoms with Gasteiger partial charge in [0.25, 0.3) is 5.91 Å². The number of nitrogens with one attached hydrogen (secondary N) is 1. The van der Waals surface area contributed by atoms with Crippen LogP contribution < -0.4 is 10.2 Å². The maximum Gasteiger partial charge on any atom is 0.418 e. The maximum atomic E-state index is 14.6. The number of carbonyl (C=O) groups is 4. The number of alkyl halides is 3. The van der Waals surface area contributed by atoms with Crippen LogP contribution in [-0.2, 0) is 57.1 Å². The maximum absolute atomic E-state index is 14.6. The van der Waals surface area contributed by atoms with Gasteiger partial charge in [-0.05, 0) is 36.5 Å². The normalized spacial score (nSPS) is 21.1. The Morgan fingerprint density at radius 2 is 1.56 bits per heavy atom. The van der Waals surface area contributed by atoms with E-state index in [9.17, 15) is 32.3 Å². The molecule has 2 aliphatic rings. The highest BCUT2D eigenvalue weighted by atomic mass is 19.4. The highest BCUT2D eigenvalue weighted by Gasteiger charge is 2.72. The Morgan fingerprint density at radius 3 is 2.05 bits per heavy atom. The summed E-state index contributed by atoms with van der Waals surface area (Å²) < 4.78 is 58.7. The molecule has 0 saturated carbocycles. The molecule has 1 amide bonds. The number of halogens is 3. The van der Waals surface area contributed by atoms with E-state index in [0.29, 0.717) is 5.56 Å². The zero-order valence-corrected chi connectivity index (χ0v) is 24.9. The lowest BCUT2D eigenvalue weighted by molar-refractivity contribution is -0.166. The van der Waals surface area contributed by atoms with Crippen molar-refractivity contribution >= 4 is 29.5 Å². The van der Waals surface area contributed by atoms with E-state index in [1.54, 1.807) is 12.1 Å². The summed E-state index contributed by atoms with van der Waals surface area (Å²) in [6.45, 7) is 8.44. The number of fused-ring (bicyclic) bond motifs is 2. The van der Waals surface area contributed by atoms with E-state index in [1.165, 1.54) is 19.9 Å². The SMILES string of the molecule is CCOC(=O)C1(C(=O)OCC)C[C@@H](C(=O)OC)[C@@]2(N1)C(=O)N(Cc1ccc(C(C)(C)C)cc1)c1c(C(F)(F)F)cccc12. The smallest absolute Gasteiger partial charge is 0.418 e. The zero-order valence-electron chi connectivity index (χ0n) is 24.9. The van der Waals surface area contributed by atoms with Crippen LogP contribution in [-0.4, -0.2) is 49.7 Å². The summed E-state index contributed by atoms with van der Waals surface area (Å²) in [6, 6.07) is 10.3. The number of hydrogen-bond donors (Lipinski definition) is 1. The minimum atomic E-state index is -4.88. The Hall–Kier alpha value is -3.93. The molecular formula is C31H35F3N2O7. The molecule has 0 bridgehead atoms. The van der Waals surface area contributed by atoms with Gasteiger partial charge in [0.1, 0.15) is 5.54 Å². The fourth-order valence-corrected chi connectivity index (χ4v) is 5.91. The van der Waals surface area contributed by atoms with E-state index in [0.717, 1.165) is 29.7 Å². The summed E-state index contributed by atoms with van der Waals surface area (Å²) in [4.78, 5) is 55.5. The number of ether oxygens (including phenoxy) is 3. The van der Waals surface area contributed by atoms with Crippen LogP contribution in [0.1, 0.15) is 63.3 Å². The second kappa shape index (κ2) is 11.3. The van der Waals surface area contributed by atoms with E-state index in [4.69, 9.17) is 14.2 Å². The molecule has 1 spiro atoms. The number of anilines is 1. The minimum absolute atomic E-state index is 0.156. The highest BCUT2D eigenvalue weighted by molar-refractivity contribution is 6.15. The quantitative estimate of drug-likeness (QED) is 0.282. The third kappa shape index (κ3) is 5.26. The summed E-state index contributed by atoms with van der Waals surface area (Å²) >= 11 is 0. The van der Waals surface area contributed by atoms with E-state index in [2.05, 4.69) is 5.32 Å². The van der Waals surface area contributed by atoms with Crippen LogP contribution in [0.5, 0.6) is 0 Å². The first-order chi connectivity index (χ1) is 20.1. The molecule has 232 valence electrons. The molecular weight excluding hydrogens is 569 g/mol. The summed E-state index contributed by atoms with van der Waals surface area (Å²) in [5, 5.41) is 2.74. The van der Waals surface area contributed by atoms with Crippen LogP contribution in [0.4, 0.5) is 18.9 Å². The van der Waals surface area contributed by atoms with Crippen molar-refractivity contribution in [3.8, 4) is 0 Å². The topological polar surface area (TPSA) is 111 Å². The third-order valence-corrected chi connectivity index (χ3v) is 7.96. The molecule has 2 heterocycles. The molecule has 43 heavy (non-hydrogen) atoms. The molecule has 0 aliphatic carbocycles. The molecule has 2 aromatic rings. The number of hydrogen-bond acceptors (Lipinski definition) is 8. The van der Waals surface area contributed by atoms with Crippen molar-refractivity contribution in [3.05, 3.63) is 64.7 Å². The molecule has 2 atom stereocenters. The first-order valence-electron chi connectivity index (χ1n) is 13.9. The van der Waals surface area contributed by atoms with Gasteiger partial charge in [-0.25, -0.2) is 9.59 Å². The van der Waals surface area contributed by atoms with Crippen molar-refractivity contribution in [1.82, 2.24) is 5.32 Å². The van der Waals surface area contributed by atoms with Gasteiger partial charge in [0.2, 0.25) is 5.54 Å².